The molecule has 238 valence electrons. The first-order valence-corrected chi connectivity index (χ1v) is 17.1. The second kappa shape index (κ2) is 11.9. The lowest BCUT2D eigenvalue weighted by molar-refractivity contribution is 0.670. The molecule has 8 aromatic carbocycles. The van der Waals surface area contributed by atoms with Crippen molar-refractivity contribution in [1.29, 1.82) is 0 Å². The van der Waals surface area contributed by atoms with Crippen molar-refractivity contribution in [3.05, 3.63) is 176 Å². The number of fused-ring (bicyclic) bond motifs is 5. The van der Waals surface area contributed by atoms with Gasteiger partial charge in [0, 0.05) is 33.0 Å². The second-order valence-corrected chi connectivity index (χ2v) is 12.8. The molecule has 0 unspecified atom stereocenters. The van der Waals surface area contributed by atoms with Gasteiger partial charge in [-0.05, 0) is 56.4 Å². The molecule has 0 saturated carbocycles. The molecular weight excluding hydrogens is 623 g/mol. The summed E-state index contributed by atoms with van der Waals surface area (Å²) in [4.78, 5) is 15.5. The topological polar surface area (TPSA) is 51.8 Å². The highest BCUT2D eigenvalue weighted by molar-refractivity contribution is 6.21. The molecule has 0 aliphatic carbocycles. The maximum atomic E-state index is 6.77. The summed E-state index contributed by atoms with van der Waals surface area (Å²) in [6.45, 7) is 0. The molecule has 0 bridgehead atoms. The molecule has 0 amide bonds. The standard InChI is InChI=1S/C47H29N3O/c1-3-12-30(13-4-1)32-22-25-34(26-23-32)45-48-46(37-27-24-31-14-7-8-17-35(31)28-37)50-47(49-45)39-20-11-21-41-43(39)40-29-36-18-9-10-19-38(36)42(44(40)51-41)33-15-5-2-6-16-33/h1-29H. The molecule has 0 aliphatic rings. The minimum Gasteiger partial charge on any atom is -0.455 e. The van der Waals surface area contributed by atoms with Gasteiger partial charge in [0.15, 0.2) is 17.5 Å². The third-order valence-electron chi connectivity index (χ3n) is 9.71. The number of benzene rings is 8. The Kier molecular flexibility index (Phi) is 6.78. The smallest absolute Gasteiger partial charge is 0.164 e. The zero-order valence-corrected chi connectivity index (χ0v) is 27.5. The molecule has 0 spiro atoms. The molecule has 51 heavy (non-hydrogen) atoms. The van der Waals surface area contributed by atoms with Crippen LogP contribution in [0.25, 0.3) is 99.9 Å². The van der Waals surface area contributed by atoms with Crippen LogP contribution in [-0.2, 0) is 0 Å². The van der Waals surface area contributed by atoms with Crippen molar-refractivity contribution < 1.29 is 4.42 Å². The molecule has 0 saturated heterocycles. The second-order valence-electron chi connectivity index (χ2n) is 12.8. The molecule has 4 nitrogen and oxygen atoms in total. The Balaban J connectivity index is 1.22. The monoisotopic (exact) mass is 651 g/mol. The van der Waals surface area contributed by atoms with Crippen LogP contribution < -0.4 is 0 Å². The Morgan fingerprint density at radius 2 is 0.941 bits per heavy atom. The maximum Gasteiger partial charge on any atom is 0.164 e. The van der Waals surface area contributed by atoms with E-state index in [1.54, 1.807) is 0 Å². The Bertz CT molecular complexity index is 2900. The lowest BCUT2D eigenvalue weighted by Gasteiger charge is -2.11. The van der Waals surface area contributed by atoms with Crippen molar-refractivity contribution in [2.45, 2.75) is 0 Å². The minimum atomic E-state index is 0.595. The molecule has 0 radical (unpaired) electrons. The molecule has 4 heteroatoms. The van der Waals surface area contributed by atoms with Crippen LogP contribution in [0.5, 0.6) is 0 Å². The van der Waals surface area contributed by atoms with E-state index < -0.39 is 0 Å². The number of hydrogen-bond acceptors (Lipinski definition) is 4. The Hall–Kier alpha value is -6.91. The normalized spacial score (nSPS) is 11.5. The number of aromatic nitrogens is 3. The summed E-state index contributed by atoms with van der Waals surface area (Å²) in [5.74, 6) is 1.83. The summed E-state index contributed by atoms with van der Waals surface area (Å²) >= 11 is 0. The Labute approximate surface area is 294 Å². The largest absolute Gasteiger partial charge is 0.455 e. The molecule has 0 N–H and O–H groups in total. The van der Waals surface area contributed by atoms with Crippen molar-refractivity contribution in [3.63, 3.8) is 0 Å². The van der Waals surface area contributed by atoms with Crippen molar-refractivity contribution in [2.75, 3.05) is 0 Å². The maximum absolute atomic E-state index is 6.77. The van der Waals surface area contributed by atoms with Gasteiger partial charge in [-0.3, -0.25) is 0 Å². The number of furan rings is 1. The van der Waals surface area contributed by atoms with Gasteiger partial charge in [0.1, 0.15) is 11.2 Å². The van der Waals surface area contributed by atoms with E-state index in [2.05, 4.69) is 152 Å². The fourth-order valence-corrected chi connectivity index (χ4v) is 7.23. The first-order valence-electron chi connectivity index (χ1n) is 17.1. The van der Waals surface area contributed by atoms with Crippen LogP contribution in [0.15, 0.2) is 180 Å². The number of rotatable bonds is 5. The van der Waals surface area contributed by atoms with E-state index in [0.29, 0.717) is 17.5 Å². The molecule has 0 fully saturated rings. The number of hydrogen-bond donors (Lipinski definition) is 0. The molecule has 2 heterocycles. The van der Waals surface area contributed by atoms with Gasteiger partial charge in [-0.2, -0.15) is 0 Å². The van der Waals surface area contributed by atoms with E-state index >= 15 is 0 Å². The van der Waals surface area contributed by atoms with E-state index in [1.807, 2.05) is 24.3 Å². The van der Waals surface area contributed by atoms with Gasteiger partial charge in [-0.25, -0.2) is 15.0 Å². The summed E-state index contributed by atoms with van der Waals surface area (Å²) < 4.78 is 6.77. The Morgan fingerprint density at radius 3 is 1.73 bits per heavy atom. The highest BCUT2D eigenvalue weighted by Gasteiger charge is 2.21. The number of nitrogens with zero attached hydrogens (tertiary/aromatic N) is 3. The first-order chi connectivity index (χ1) is 25.3. The minimum absolute atomic E-state index is 0.595. The van der Waals surface area contributed by atoms with Crippen molar-refractivity contribution in [2.24, 2.45) is 0 Å². The van der Waals surface area contributed by atoms with Gasteiger partial charge >= 0.3 is 0 Å². The van der Waals surface area contributed by atoms with Crippen LogP contribution in [0, 0.1) is 0 Å². The summed E-state index contributed by atoms with van der Waals surface area (Å²) in [5, 5.41) is 6.61. The summed E-state index contributed by atoms with van der Waals surface area (Å²) in [7, 11) is 0. The van der Waals surface area contributed by atoms with Gasteiger partial charge in [0.2, 0.25) is 0 Å². The van der Waals surface area contributed by atoms with Crippen LogP contribution >= 0.6 is 0 Å². The predicted molar refractivity (Wildman–Crippen MR) is 209 cm³/mol. The third-order valence-corrected chi connectivity index (χ3v) is 9.71. The third kappa shape index (κ3) is 5.04. The summed E-state index contributed by atoms with van der Waals surface area (Å²) in [5.41, 5.74) is 8.88. The van der Waals surface area contributed by atoms with Crippen LogP contribution in [0.1, 0.15) is 0 Å². The van der Waals surface area contributed by atoms with Crippen LogP contribution in [0.2, 0.25) is 0 Å². The van der Waals surface area contributed by atoms with Crippen LogP contribution in [-0.4, -0.2) is 15.0 Å². The lowest BCUT2D eigenvalue weighted by atomic mass is 9.94. The van der Waals surface area contributed by atoms with E-state index in [1.165, 1.54) is 5.39 Å². The lowest BCUT2D eigenvalue weighted by Crippen LogP contribution is -2.00. The van der Waals surface area contributed by atoms with Gasteiger partial charge in [-0.1, -0.05) is 158 Å². The van der Waals surface area contributed by atoms with Gasteiger partial charge < -0.3 is 4.42 Å². The van der Waals surface area contributed by atoms with Crippen molar-refractivity contribution in [1.82, 2.24) is 15.0 Å². The molecule has 2 aromatic heterocycles. The quantitative estimate of drug-likeness (QED) is 0.186. The molecule has 10 aromatic rings. The molecule has 10 rings (SSSR count). The van der Waals surface area contributed by atoms with Gasteiger partial charge in [0.05, 0.1) is 0 Å². The SMILES string of the molecule is c1ccc(-c2ccc(-c3nc(-c4ccc5ccccc5c4)nc(-c4cccc5oc6c(-c7ccccc7)c7ccccc7cc6c45)n3)cc2)cc1. The van der Waals surface area contributed by atoms with E-state index in [9.17, 15) is 0 Å². The fraction of sp³-hybridized carbons (Fsp3) is 0. The average Bonchev–Trinajstić information content (AvgIpc) is 3.58. The average molecular weight is 652 g/mol. The molecule has 0 aliphatic heterocycles. The van der Waals surface area contributed by atoms with Gasteiger partial charge in [-0.15, -0.1) is 0 Å². The predicted octanol–water partition coefficient (Wildman–Crippen LogP) is 12.4. The van der Waals surface area contributed by atoms with Crippen LogP contribution in [0.4, 0.5) is 0 Å². The highest BCUT2D eigenvalue weighted by Crippen LogP contribution is 2.44. The van der Waals surface area contributed by atoms with Gasteiger partial charge in [0.25, 0.3) is 0 Å². The van der Waals surface area contributed by atoms with Crippen LogP contribution in [0.3, 0.4) is 0 Å². The zero-order valence-electron chi connectivity index (χ0n) is 27.5. The summed E-state index contributed by atoms with van der Waals surface area (Å²) in [6.07, 6.45) is 0. The zero-order chi connectivity index (χ0) is 33.7. The van der Waals surface area contributed by atoms with E-state index in [-0.39, 0.29) is 0 Å². The van der Waals surface area contributed by atoms with Crippen molar-refractivity contribution in [3.8, 4) is 56.4 Å². The fourth-order valence-electron chi connectivity index (χ4n) is 7.23. The Morgan fingerprint density at radius 1 is 0.353 bits per heavy atom. The summed E-state index contributed by atoms with van der Waals surface area (Å²) in [6, 6.07) is 61.0. The van der Waals surface area contributed by atoms with E-state index in [0.717, 1.165) is 77.0 Å². The van der Waals surface area contributed by atoms with Crippen molar-refractivity contribution >= 4 is 43.5 Å². The molecular formula is C47H29N3O. The van der Waals surface area contributed by atoms with E-state index in [4.69, 9.17) is 19.4 Å². The highest BCUT2D eigenvalue weighted by atomic mass is 16.3. The molecule has 0 atom stereocenters. The first kappa shape index (κ1) is 29.0.